The molecule has 0 amide bonds. The molecule has 0 heterocycles. The lowest BCUT2D eigenvalue weighted by molar-refractivity contribution is -0.0912. The minimum Gasteiger partial charge on any atom is -0.389 e. The highest BCUT2D eigenvalue weighted by Crippen LogP contribution is 2.43. The van der Waals surface area contributed by atoms with Gasteiger partial charge in [-0.3, -0.25) is 0 Å². The summed E-state index contributed by atoms with van der Waals surface area (Å²) in [5.74, 6) is 0.450. The van der Waals surface area contributed by atoms with E-state index in [2.05, 4.69) is 13.8 Å². The molecule has 1 atom stereocenters. The fourth-order valence-electron chi connectivity index (χ4n) is 2.25. The first-order valence-electron chi connectivity index (χ1n) is 5.34. The SMILES string of the molecule is CC(C)(CN)C(C)(O)C1CCCC1. The van der Waals surface area contributed by atoms with E-state index in [0.29, 0.717) is 12.5 Å². The van der Waals surface area contributed by atoms with Crippen LogP contribution in [0.3, 0.4) is 0 Å². The second-order valence-corrected chi connectivity index (χ2v) is 5.22. The number of hydrogen-bond donors (Lipinski definition) is 2. The van der Waals surface area contributed by atoms with Crippen LogP contribution in [0.25, 0.3) is 0 Å². The fourth-order valence-corrected chi connectivity index (χ4v) is 2.25. The van der Waals surface area contributed by atoms with Gasteiger partial charge in [-0.15, -0.1) is 0 Å². The molecule has 0 aliphatic heterocycles. The largest absolute Gasteiger partial charge is 0.389 e. The smallest absolute Gasteiger partial charge is 0.0710 e. The fraction of sp³-hybridized carbons (Fsp3) is 1.00. The molecule has 1 unspecified atom stereocenters. The molecule has 0 aromatic carbocycles. The van der Waals surface area contributed by atoms with Crippen LogP contribution in [0.4, 0.5) is 0 Å². The van der Waals surface area contributed by atoms with Gasteiger partial charge >= 0.3 is 0 Å². The highest BCUT2D eigenvalue weighted by atomic mass is 16.3. The summed E-state index contributed by atoms with van der Waals surface area (Å²) in [7, 11) is 0. The van der Waals surface area contributed by atoms with E-state index in [1.165, 1.54) is 12.8 Å². The second-order valence-electron chi connectivity index (χ2n) is 5.22. The standard InChI is InChI=1S/C11H23NO/c1-10(2,8-12)11(3,13)9-6-4-5-7-9/h9,13H,4-8,12H2,1-3H3. The lowest BCUT2D eigenvalue weighted by Gasteiger charge is -2.43. The molecule has 3 N–H and O–H groups in total. The molecule has 1 rings (SSSR count). The average molecular weight is 185 g/mol. The highest BCUT2D eigenvalue weighted by Gasteiger charge is 2.45. The third kappa shape index (κ3) is 1.89. The van der Waals surface area contributed by atoms with E-state index in [0.717, 1.165) is 12.8 Å². The van der Waals surface area contributed by atoms with E-state index < -0.39 is 5.60 Å². The Labute approximate surface area is 81.5 Å². The maximum absolute atomic E-state index is 10.5. The summed E-state index contributed by atoms with van der Waals surface area (Å²) in [6.45, 7) is 6.63. The molecule has 2 heteroatoms. The molecule has 1 saturated carbocycles. The monoisotopic (exact) mass is 185 g/mol. The summed E-state index contributed by atoms with van der Waals surface area (Å²) in [6, 6.07) is 0. The van der Waals surface area contributed by atoms with Crippen LogP contribution < -0.4 is 5.73 Å². The molecular weight excluding hydrogens is 162 g/mol. The summed E-state index contributed by atoms with van der Waals surface area (Å²) in [5.41, 5.74) is 4.94. The van der Waals surface area contributed by atoms with Crippen molar-refractivity contribution in [2.75, 3.05) is 6.54 Å². The van der Waals surface area contributed by atoms with Gasteiger partial charge in [0.15, 0.2) is 0 Å². The maximum atomic E-state index is 10.5. The van der Waals surface area contributed by atoms with Crippen molar-refractivity contribution in [1.29, 1.82) is 0 Å². The molecule has 0 saturated heterocycles. The Morgan fingerprint density at radius 2 is 1.69 bits per heavy atom. The summed E-state index contributed by atoms with van der Waals surface area (Å²) in [6.07, 6.45) is 4.86. The van der Waals surface area contributed by atoms with E-state index in [1.54, 1.807) is 0 Å². The molecule has 13 heavy (non-hydrogen) atoms. The average Bonchev–Trinajstić information content (AvgIpc) is 2.56. The predicted molar refractivity (Wildman–Crippen MR) is 55.4 cm³/mol. The van der Waals surface area contributed by atoms with Gasteiger partial charge in [0.05, 0.1) is 5.60 Å². The first-order chi connectivity index (χ1) is 5.92. The van der Waals surface area contributed by atoms with Crippen LogP contribution in [0.5, 0.6) is 0 Å². The Bertz CT molecular complexity index is 169. The van der Waals surface area contributed by atoms with Crippen molar-refractivity contribution in [3.05, 3.63) is 0 Å². The van der Waals surface area contributed by atoms with E-state index >= 15 is 0 Å². The molecule has 0 spiro atoms. The van der Waals surface area contributed by atoms with Crippen LogP contribution in [-0.2, 0) is 0 Å². The van der Waals surface area contributed by atoms with E-state index in [-0.39, 0.29) is 5.41 Å². The Kier molecular flexibility index (Phi) is 3.03. The summed E-state index contributed by atoms with van der Waals surface area (Å²) >= 11 is 0. The molecular formula is C11H23NO. The van der Waals surface area contributed by atoms with Crippen molar-refractivity contribution in [2.24, 2.45) is 17.1 Å². The quantitative estimate of drug-likeness (QED) is 0.705. The van der Waals surface area contributed by atoms with Gasteiger partial charge < -0.3 is 10.8 Å². The first-order valence-corrected chi connectivity index (χ1v) is 5.34. The Morgan fingerprint density at radius 3 is 2.08 bits per heavy atom. The zero-order chi connectivity index (χ0) is 10.1. The summed E-state index contributed by atoms with van der Waals surface area (Å²) in [5, 5.41) is 10.5. The normalized spacial score (nSPS) is 24.7. The zero-order valence-electron chi connectivity index (χ0n) is 9.14. The maximum Gasteiger partial charge on any atom is 0.0710 e. The van der Waals surface area contributed by atoms with Crippen molar-refractivity contribution >= 4 is 0 Å². The van der Waals surface area contributed by atoms with Gasteiger partial charge in [-0.05, 0) is 25.7 Å². The molecule has 1 aliphatic carbocycles. The van der Waals surface area contributed by atoms with E-state index in [9.17, 15) is 5.11 Å². The van der Waals surface area contributed by atoms with Crippen molar-refractivity contribution in [3.63, 3.8) is 0 Å². The third-order valence-electron chi connectivity index (χ3n) is 4.03. The molecule has 78 valence electrons. The molecule has 0 bridgehead atoms. The van der Waals surface area contributed by atoms with Crippen LogP contribution in [0.2, 0.25) is 0 Å². The third-order valence-corrected chi connectivity index (χ3v) is 4.03. The van der Waals surface area contributed by atoms with Gasteiger partial charge in [-0.1, -0.05) is 26.7 Å². The summed E-state index contributed by atoms with van der Waals surface area (Å²) in [4.78, 5) is 0. The second kappa shape index (κ2) is 3.58. The number of nitrogens with two attached hydrogens (primary N) is 1. The first kappa shape index (κ1) is 11.0. The topological polar surface area (TPSA) is 46.2 Å². The van der Waals surface area contributed by atoms with Crippen LogP contribution >= 0.6 is 0 Å². The Hall–Kier alpha value is -0.0800. The van der Waals surface area contributed by atoms with Crippen molar-refractivity contribution < 1.29 is 5.11 Å². The number of hydrogen-bond acceptors (Lipinski definition) is 2. The van der Waals surface area contributed by atoms with E-state index in [4.69, 9.17) is 5.73 Å². The van der Waals surface area contributed by atoms with Gasteiger partial charge in [0.1, 0.15) is 0 Å². The van der Waals surface area contributed by atoms with Gasteiger partial charge in [0.2, 0.25) is 0 Å². The van der Waals surface area contributed by atoms with E-state index in [1.807, 2.05) is 6.92 Å². The summed E-state index contributed by atoms with van der Waals surface area (Å²) < 4.78 is 0. The molecule has 2 nitrogen and oxygen atoms in total. The molecule has 1 aliphatic rings. The minimum atomic E-state index is -0.599. The number of rotatable bonds is 3. The minimum absolute atomic E-state index is 0.165. The van der Waals surface area contributed by atoms with Crippen LogP contribution in [0, 0.1) is 11.3 Å². The van der Waals surface area contributed by atoms with Crippen molar-refractivity contribution in [3.8, 4) is 0 Å². The van der Waals surface area contributed by atoms with Crippen LogP contribution in [0.15, 0.2) is 0 Å². The predicted octanol–water partition coefficient (Wildman–Crippen LogP) is 1.91. The van der Waals surface area contributed by atoms with Crippen LogP contribution in [0.1, 0.15) is 46.5 Å². The Morgan fingerprint density at radius 1 is 1.23 bits per heavy atom. The van der Waals surface area contributed by atoms with Gasteiger partial charge in [-0.2, -0.15) is 0 Å². The van der Waals surface area contributed by atoms with Crippen molar-refractivity contribution in [2.45, 2.75) is 52.1 Å². The van der Waals surface area contributed by atoms with Crippen LogP contribution in [-0.4, -0.2) is 17.3 Å². The lowest BCUT2D eigenvalue weighted by Crippen LogP contribution is -2.51. The van der Waals surface area contributed by atoms with Gasteiger partial charge in [0.25, 0.3) is 0 Å². The zero-order valence-corrected chi connectivity index (χ0v) is 9.14. The van der Waals surface area contributed by atoms with Gasteiger partial charge in [-0.25, -0.2) is 0 Å². The lowest BCUT2D eigenvalue weighted by atomic mass is 9.68. The number of aliphatic hydroxyl groups is 1. The highest BCUT2D eigenvalue weighted by molar-refractivity contribution is 4.96. The molecule has 0 radical (unpaired) electrons. The van der Waals surface area contributed by atoms with Crippen molar-refractivity contribution in [1.82, 2.24) is 0 Å². The Balaban J connectivity index is 2.73. The molecule has 1 fully saturated rings. The molecule has 0 aromatic heterocycles. The van der Waals surface area contributed by atoms with Gasteiger partial charge in [0, 0.05) is 12.0 Å². The molecule has 0 aromatic rings.